The van der Waals surface area contributed by atoms with Crippen molar-refractivity contribution in [3.8, 4) is 27.9 Å². The van der Waals surface area contributed by atoms with E-state index in [2.05, 4.69) is 21.4 Å². The van der Waals surface area contributed by atoms with Gasteiger partial charge in [0.2, 0.25) is 0 Å². The fraction of sp³-hybridized carbons (Fsp3) is 0.0476. The van der Waals surface area contributed by atoms with E-state index in [1.165, 1.54) is 23.5 Å². The van der Waals surface area contributed by atoms with Gasteiger partial charge in [0.15, 0.2) is 0 Å². The number of nitriles is 1. The first-order chi connectivity index (χ1) is 14.2. The maximum absolute atomic E-state index is 10.9. The molecule has 30 heavy (non-hydrogen) atoms. The van der Waals surface area contributed by atoms with Crippen molar-refractivity contribution in [3.05, 3.63) is 77.2 Å². The van der Waals surface area contributed by atoms with Crippen molar-refractivity contribution in [2.75, 3.05) is 5.32 Å². The van der Waals surface area contributed by atoms with Crippen molar-refractivity contribution in [3.63, 3.8) is 0 Å². The second kappa shape index (κ2) is 9.69. The predicted octanol–water partition coefficient (Wildman–Crippen LogP) is 0.316. The molecule has 0 saturated heterocycles. The number of nitrogens with zero attached hydrogens (tertiary/aromatic N) is 3. The van der Waals surface area contributed by atoms with E-state index in [-0.39, 0.29) is 35.1 Å². The Kier molecular flexibility index (Phi) is 7.03. The number of carboxylic acids is 1. The van der Waals surface area contributed by atoms with E-state index >= 15 is 0 Å². The molecular weight excluding hydrogens is 411 g/mol. The molecule has 0 aliphatic rings. The second-order valence-corrected chi connectivity index (χ2v) is 6.97. The Morgan fingerprint density at radius 1 is 1.27 bits per heavy atom. The summed E-state index contributed by atoms with van der Waals surface area (Å²) in [6.45, 7) is 0.362. The zero-order chi connectivity index (χ0) is 20.2. The van der Waals surface area contributed by atoms with E-state index in [0.717, 1.165) is 16.1 Å². The van der Waals surface area contributed by atoms with Crippen LogP contribution in [0.3, 0.4) is 0 Å². The third-order valence-corrected chi connectivity index (χ3v) is 5.06. The molecule has 3 heterocycles. The molecule has 0 unspecified atom stereocenters. The Labute approximate surface area is 198 Å². The van der Waals surface area contributed by atoms with Crippen LogP contribution in [0.5, 0.6) is 0 Å². The summed E-state index contributed by atoms with van der Waals surface area (Å²) in [5.74, 6) is -0.806. The molecule has 0 aliphatic carbocycles. The Morgan fingerprint density at radius 3 is 2.67 bits per heavy atom. The largest absolute Gasteiger partial charge is 1.00 e. The van der Waals surface area contributed by atoms with Gasteiger partial charge < -0.3 is 19.6 Å². The number of aromatic carboxylic acids is 1. The standard InChI is InChI=1S/C21H14N4O3S.Na/c22-10-17-16(15-5-7-28-12-15)9-18(20-23-6-8-29-20)25-19(17)24-11-13-1-3-14(4-2-13)21(26)27;/h1-9,12H,11H2,(H,24,25)(H,26,27);/q;+1/p-1. The summed E-state index contributed by atoms with van der Waals surface area (Å²) in [7, 11) is 0. The number of thiazole rings is 1. The molecule has 9 heteroatoms. The van der Waals surface area contributed by atoms with Crippen LogP contribution in [0.25, 0.3) is 21.8 Å². The molecule has 0 aliphatic heterocycles. The van der Waals surface area contributed by atoms with E-state index in [1.807, 2.05) is 11.4 Å². The molecule has 0 amide bonds. The molecule has 0 bridgehead atoms. The minimum Gasteiger partial charge on any atom is -0.545 e. The van der Waals surface area contributed by atoms with Crippen molar-refractivity contribution in [1.82, 2.24) is 9.97 Å². The molecule has 0 radical (unpaired) electrons. The third kappa shape index (κ3) is 4.61. The molecule has 3 aromatic heterocycles. The Balaban J connectivity index is 0.00000256. The van der Waals surface area contributed by atoms with Crippen molar-refractivity contribution in [2.45, 2.75) is 6.54 Å². The number of benzene rings is 1. The number of carboxylic acid groups (broad SMARTS) is 1. The average Bonchev–Trinajstić information content (AvgIpc) is 3.46. The van der Waals surface area contributed by atoms with E-state index in [9.17, 15) is 15.2 Å². The van der Waals surface area contributed by atoms with Gasteiger partial charge >= 0.3 is 29.6 Å². The van der Waals surface area contributed by atoms with Gasteiger partial charge in [0.25, 0.3) is 0 Å². The summed E-state index contributed by atoms with van der Waals surface area (Å²) < 4.78 is 5.18. The number of hydrogen-bond acceptors (Lipinski definition) is 8. The van der Waals surface area contributed by atoms with Crippen molar-refractivity contribution < 1.29 is 43.9 Å². The van der Waals surface area contributed by atoms with E-state index in [0.29, 0.717) is 29.2 Å². The van der Waals surface area contributed by atoms with Gasteiger partial charge in [0.1, 0.15) is 28.2 Å². The molecule has 4 rings (SSSR count). The number of anilines is 1. The number of rotatable bonds is 6. The summed E-state index contributed by atoms with van der Waals surface area (Å²) in [6, 6.07) is 12.2. The van der Waals surface area contributed by atoms with Gasteiger partial charge in [-0.1, -0.05) is 24.3 Å². The van der Waals surface area contributed by atoms with Gasteiger partial charge in [-0.05, 0) is 23.3 Å². The second-order valence-electron chi connectivity index (χ2n) is 6.08. The maximum Gasteiger partial charge on any atom is 1.00 e. The SMILES string of the molecule is N#Cc1c(-c2ccoc2)cc(-c2nccs2)nc1NCc1ccc(C(=O)[O-])cc1.[Na+]. The number of hydrogen-bond donors (Lipinski definition) is 1. The van der Waals surface area contributed by atoms with Crippen LogP contribution >= 0.6 is 11.3 Å². The van der Waals surface area contributed by atoms with Crippen LogP contribution in [0.2, 0.25) is 0 Å². The number of aromatic nitrogens is 2. The minimum atomic E-state index is -1.22. The number of carbonyl (C=O) groups is 1. The van der Waals surface area contributed by atoms with E-state index < -0.39 is 5.97 Å². The average molecular weight is 424 g/mol. The maximum atomic E-state index is 10.9. The normalized spacial score (nSPS) is 10.1. The molecule has 1 aromatic carbocycles. The Hall–Kier alpha value is -2.96. The summed E-state index contributed by atoms with van der Waals surface area (Å²) in [6.07, 6.45) is 4.82. The number of furan rings is 1. The van der Waals surface area contributed by atoms with Crippen LogP contribution in [0.15, 0.2) is 64.9 Å². The molecule has 4 aromatic rings. The first-order valence-corrected chi connectivity index (χ1v) is 9.45. The number of carbonyl (C=O) groups excluding carboxylic acids is 1. The van der Waals surface area contributed by atoms with Crippen LogP contribution in [0.4, 0.5) is 5.82 Å². The Bertz CT molecular complexity index is 1180. The quantitative estimate of drug-likeness (QED) is 0.443. The molecule has 0 saturated carbocycles. The smallest absolute Gasteiger partial charge is 0.545 e. The van der Waals surface area contributed by atoms with Crippen LogP contribution in [-0.4, -0.2) is 15.9 Å². The molecule has 7 nitrogen and oxygen atoms in total. The fourth-order valence-electron chi connectivity index (χ4n) is 2.84. The van der Waals surface area contributed by atoms with Crippen molar-refractivity contribution in [2.24, 2.45) is 0 Å². The number of nitrogens with one attached hydrogen (secondary N) is 1. The van der Waals surface area contributed by atoms with Gasteiger partial charge in [-0.25, -0.2) is 9.97 Å². The van der Waals surface area contributed by atoms with E-state index in [1.54, 1.807) is 36.9 Å². The van der Waals surface area contributed by atoms with Gasteiger partial charge in [-0.15, -0.1) is 11.3 Å². The predicted molar refractivity (Wildman–Crippen MR) is 106 cm³/mol. The zero-order valence-electron chi connectivity index (χ0n) is 16.0. The van der Waals surface area contributed by atoms with Crippen molar-refractivity contribution >= 4 is 23.1 Å². The molecule has 1 N–H and O–H groups in total. The minimum absolute atomic E-state index is 0. The summed E-state index contributed by atoms with van der Waals surface area (Å²) in [5, 5.41) is 26.4. The molecule has 0 spiro atoms. The third-order valence-electron chi connectivity index (χ3n) is 4.26. The monoisotopic (exact) mass is 424 g/mol. The summed E-state index contributed by atoms with van der Waals surface area (Å²) in [4.78, 5) is 19.8. The van der Waals surface area contributed by atoms with Crippen molar-refractivity contribution in [1.29, 1.82) is 5.26 Å². The molecule has 142 valence electrons. The first kappa shape index (κ1) is 21.7. The number of pyridine rings is 1. The Morgan fingerprint density at radius 2 is 2.07 bits per heavy atom. The van der Waals surface area contributed by atoms with Crippen LogP contribution in [-0.2, 0) is 6.54 Å². The first-order valence-electron chi connectivity index (χ1n) is 8.57. The van der Waals surface area contributed by atoms with E-state index in [4.69, 9.17) is 4.42 Å². The summed E-state index contributed by atoms with van der Waals surface area (Å²) in [5.41, 5.74) is 3.44. The van der Waals surface area contributed by atoms with Crippen LogP contribution in [0, 0.1) is 11.3 Å². The summed E-state index contributed by atoms with van der Waals surface area (Å²) >= 11 is 1.45. The van der Waals surface area contributed by atoms with Gasteiger partial charge in [0, 0.05) is 29.2 Å². The van der Waals surface area contributed by atoms with Gasteiger partial charge in [0.05, 0.1) is 18.5 Å². The van der Waals surface area contributed by atoms with Crippen LogP contribution < -0.4 is 40.0 Å². The topological polar surface area (TPSA) is 115 Å². The van der Waals surface area contributed by atoms with Crippen LogP contribution in [0.1, 0.15) is 21.5 Å². The molecule has 0 atom stereocenters. The zero-order valence-corrected chi connectivity index (χ0v) is 18.8. The van der Waals surface area contributed by atoms with Gasteiger partial charge in [-0.3, -0.25) is 0 Å². The fourth-order valence-corrected chi connectivity index (χ4v) is 3.43. The van der Waals surface area contributed by atoms with Gasteiger partial charge in [-0.2, -0.15) is 5.26 Å². The molecular formula is C21H13N4NaO3S. The molecule has 0 fully saturated rings.